The fourth-order valence-electron chi connectivity index (χ4n) is 2.33. The van der Waals surface area contributed by atoms with Gasteiger partial charge in [0.1, 0.15) is 0 Å². The summed E-state index contributed by atoms with van der Waals surface area (Å²) in [6, 6.07) is 0. The van der Waals surface area contributed by atoms with E-state index in [2.05, 4.69) is 29.4 Å². The van der Waals surface area contributed by atoms with Gasteiger partial charge in [-0.25, -0.2) is 0 Å². The Kier molecular flexibility index (Phi) is 14.7. The molecule has 0 saturated heterocycles. The first-order valence-electron chi connectivity index (χ1n) is 8.17. The Morgan fingerprint density at radius 1 is 0.895 bits per heavy atom. The van der Waals surface area contributed by atoms with E-state index in [0.717, 1.165) is 12.8 Å². The molecular weight excluding hydrogens is 300 g/mol. The molecule has 0 rings (SSSR count). The van der Waals surface area contributed by atoms with Crippen molar-refractivity contribution in [2.24, 2.45) is 0 Å². The van der Waals surface area contributed by atoms with Gasteiger partial charge in [0.25, 0.3) is 0 Å². The molecule has 0 aliphatic heterocycles. The van der Waals surface area contributed by atoms with Crippen LogP contribution in [0.15, 0.2) is 12.7 Å². The van der Waals surface area contributed by atoms with E-state index in [0.29, 0.717) is 0 Å². The third kappa shape index (κ3) is 12.9. The minimum Gasteiger partial charge on any atom is -0.392 e. The highest BCUT2D eigenvalue weighted by Gasteiger charge is 2.11. The van der Waals surface area contributed by atoms with Gasteiger partial charge in [-0.2, -0.15) is 0 Å². The summed E-state index contributed by atoms with van der Waals surface area (Å²) in [6.45, 7) is 5.95. The summed E-state index contributed by atoms with van der Waals surface area (Å²) in [7, 11) is 0. The third-order valence-corrected chi connectivity index (χ3v) is 4.68. The molecule has 0 bridgehead atoms. The molecule has 1 N–H and O–H groups in total. The van der Waals surface area contributed by atoms with Crippen molar-refractivity contribution >= 4 is 15.9 Å². The summed E-state index contributed by atoms with van der Waals surface area (Å²) in [4.78, 5) is 0.0515. The molecule has 114 valence electrons. The van der Waals surface area contributed by atoms with E-state index in [4.69, 9.17) is 0 Å². The predicted molar refractivity (Wildman–Crippen MR) is 90.0 cm³/mol. The van der Waals surface area contributed by atoms with Crippen LogP contribution in [0.3, 0.4) is 0 Å². The van der Waals surface area contributed by atoms with Crippen LogP contribution in [0, 0.1) is 0 Å². The lowest BCUT2D eigenvalue weighted by Crippen LogP contribution is -2.17. The van der Waals surface area contributed by atoms with Crippen LogP contribution in [0.2, 0.25) is 0 Å². The fraction of sp³-hybridized carbons (Fsp3) is 0.882. The number of alkyl halides is 1. The maximum absolute atomic E-state index is 9.74. The van der Waals surface area contributed by atoms with Gasteiger partial charge >= 0.3 is 0 Å². The average molecular weight is 333 g/mol. The van der Waals surface area contributed by atoms with Crippen molar-refractivity contribution in [2.75, 3.05) is 0 Å². The zero-order valence-corrected chi connectivity index (χ0v) is 14.3. The van der Waals surface area contributed by atoms with Gasteiger partial charge in [-0.3, -0.25) is 0 Å². The van der Waals surface area contributed by atoms with Gasteiger partial charge in [0, 0.05) is 0 Å². The van der Waals surface area contributed by atoms with Crippen LogP contribution >= 0.6 is 15.9 Å². The maximum atomic E-state index is 9.74. The van der Waals surface area contributed by atoms with Gasteiger partial charge in [0.05, 0.1) is 10.9 Å². The van der Waals surface area contributed by atoms with Crippen molar-refractivity contribution in [2.45, 2.75) is 94.9 Å². The highest BCUT2D eigenvalue weighted by atomic mass is 79.9. The van der Waals surface area contributed by atoms with Crippen LogP contribution in [-0.2, 0) is 0 Å². The molecule has 2 atom stereocenters. The average Bonchev–Trinajstić information content (AvgIpc) is 2.43. The van der Waals surface area contributed by atoms with Gasteiger partial charge in [0.2, 0.25) is 0 Å². The molecule has 1 nitrogen and oxygen atoms in total. The van der Waals surface area contributed by atoms with Gasteiger partial charge in [-0.05, 0) is 6.42 Å². The third-order valence-electron chi connectivity index (χ3n) is 3.70. The molecule has 0 radical (unpaired) electrons. The monoisotopic (exact) mass is 332 g/mol. The van der Waals surface area contributed by atoms with Crippen LogP contribution in [0.1, 0.15) is 84.0 Å². The van der Waals surface area contributed by atoms with Gasteiger partial charge in [-0.15, -0.1) is 6.58 Å². The van der Waals surface area contributed by atoms with E-state index in [1.165, 1.54) is 64.2 Å². The van der Waals surface area contributed by atoms with Gasteiger partial charge < -0.3 is 5.11 Å². The second kappa shape index (κ2) is 14.6. The minimum atomic E-state index is -0.268. The molecular formula is C17H33BrO. The van der Waals surface area contributed by atoms with Crippen LogP contribution in [0.25, 0.3) is 0 Å². The number of unbranched alkanes of at least 4 members (excludes halogenated alkanes) is 10. The van der Waals surface area contributed by atoms with E-state index in [1.807, 2.05) is 0 Å². The SMILES string of the molecule is C=C[C@@H](Br)[C@H](O)CCCCCCCCCCCCC. The summed E-state index contributed by atoms with van der Waals surface area (Å²) in [5.74, 6) is 0. The summed E-state index contributed by atoms with van der Waals surface area (Å²) < 4.78 is 0. The van der Waals surface area contributed by atoms with Crippen molar-refractivity contribution in [3.8, 4) is 0 Å². The van der Waals surface area contributed by atoms with E-state index >= 15 is 0 Å². The molecule has 19 heavy (non-hydrogen) atoms. The Labute approximate surface area is 129 Å². The second-order valence-electron chi connectivity index (χ2n) is 5.57. The Morgan fingerprint density at radius 2 is 1.32 bits per heavy atom. The van der Waals surface area contributed by atoms with Crippen molar-refractivity contribution in [1.82, 2.24) is 0 Å². The molecule has 0 aromatic heterocycles. The topological polar surface area (TPSA) is 20.2 Å². The summed E-state index contributed by atoms with van der Waals surface area (Å²) in [5.41, 5.74) is 0. The summed E-state index contributed by atoms with van der Waals surface area (Å²) in [5, 5.41) is 9.74. The molecule has 2 heteroatoms. The Balaban J connectivity index is 3.12. The largest absolute Gasteiger partial charge is 0.392 e. The van der Waals surface area contributed by atoms with Crippen LogP contribution in [-0.4, -0.2) is 16.0 Å². The first-order chi connectivity index (χ1) is 9.22. The highest BCUT2D eigenvalue weighted by molar-refractivity contribution is 9.09. The lowest BCUT2D eigenvalue weighted by Gasteiger charge is -2.13. The molecule has 0 saturated carbocycles. The number of hydrogen-bond acceptors (Lipinski definition) is 1. The normalized spacial score (nSPS) is 14.3. The highest BCUT2D eigenvalue weighted by Crippen LogP contribution is 2.15. The fourth-order valence-corrected chi connectivity index (χ4v) is 2.60. The molecule has 0 unspecified atom stereocenters. The van der Waals surface area contributed by atoms with Gasteiger partial charge in [0.15, 0.2) is 0 Å². The molecule has 0 aromatic rings. The van der Waals surface area contributed by atoms with Crippen LogP contribution < -0.4 is 0 Å². The molecule has 0 heterocycles. The molecule has 0 aliphatic carbocycles. The quantitative estimate of drug-likeness (QED) is 0.235. The number of aliphatic hydroxyl groups is 1. The molecule has 0 fully saturated rings. The minimum absolute atomic E-state index is 0.0515. The first kappa shape index (κ1) is 19.2. The standard InChI is InChI=1S/C17H33BrO/c1-3-5-6-7-8-9-10-11-12-13-14-15-17(19)16(18)4-2/h4,16-17,19H,2-3,5-15H2,1H3/t16-,17-/m1/s1. The number of aliphatic hydroxyl groups excluding tert-OH is 1. The molecule has 0 amide bonds. The molecule has 0 spiro atoms. The zero-order chi connectivity index (χ0) is 14.3. The van der Waals surface area contributed by atoms with Gasteiger partial charge in [-0.1, -0.05) is 99.6 Å². The summed E-state index contributed by atoms with van der Waals surface area (Å²) >= 11 is 3.40. The lowest BCUT2D eigenvalue weighted by atomic mass is 10.0. The number of halogens is 1. The first-order valence-corrected chi connectivity index (χ1v) is 9.08. The molecule has 0 aromatic carbocycles. The van der Waals surface area contributed by atoms with E-state index < -0.39 is 0 Å². The summed E-state index contributed by atoms with van der Waals surface area (Å²) in [6.07, 6.45) is 17.3. The van der Waals surface area contributed by atoms with Crippen molar-refractivity contribution in [3.63, 3.8) is 0 Å². The Morgan fingerprint density at radius 3 is 1.74 bits per heavy atom. The van der Waals surface area contributed by atoms with Crippen LogP contribution in [0.5, 0.6) is 0 Å². The number of hydrogen-bond donors (Lipinski definition) is 1. The van der Waals surface area contributed by atoms with Crippen LogP contribution in [0.4, 0.5) is 0 Å². The lowest BCUT2D eigenvalue weighted by molar-refractivity contribution is 0.170. The van der Waals surface area contributed by atoms with E-state index in [1.54, 1.807) is 6.08 Å². The Bertz CT molecular complexity index is 194. The van der Waals surface area contributed by atoms with Crippen molar-refractivity contribution in [3.05, 3.63) is 12.7 Å². The zero-order valence-electron chi connectivity index (χ0n) is 12.7. The maximum Gasteiger partial charge on any atom is 0.0700 e. The van der Waals surface area contributed by atoms with E-state index in [9.17, 15) is 5.11 Å². The molecule has 0 aliphatic rings. The van der Waals surface area contributed by atoms with E-state index in [-0.39, 0.29) is 10.9 Å². The number of rotatable bonds is 14. The smallest absolute Gasteiger partial charge is 0.0700 e. The Hall–Kier alpha value is 0.180. The van der Waals surface area contributed by atoms with Crippen molar-refractivity contribution in [1.29, 1.82) is 0 Å². The predicted octanol–water partition coefficient (Wildman–Crippen LogP) is 6.00. The van der Waals surface area contributed by atoms with Crippen molar-refractivity contribution < 1.29 is 5.11 Å². The second-order valence-corrected chi connectivity index (χ2v) is 6.63.